The molecule has 0 saturated carbocycles. The fourth-order valence-electron chi connectivity index (χ4n) is 4.09. The third-order valence-corrected chi connectivity index (χ3v) is 7.42. The van der Waals surface area contributed by atoms with E-state index >= 15 is 0 Å². The minimum atomic E-state index is -4.13. The highest BCUT2D eigenvalue weighted by molar-refractivity contribution is 7.89. The summed E-state index contributed by atoms with van der Waals surface area (Å²) in [6, 6.07) is 15.6. The lowest BCUT2D eigenvalue weighted by atomic mass is 9.92. The van der Waals surface area contributed by atoms with Crippen molar-refractivity contribution < 1.29 is 32.2 Å². The van der Waals surface area contributed by atoms with Gasteiger partial charge >= 0.3 is 12.1 Å². The van der Waals surface area contributed by atoms with E-state index in [1.165, 1.54) is 35.2 Å². The van der Waals surface area contributed by atoms with Crippen LogP contribution in [0, 0.1) is 6.92 Å². The second-order valence-electron chi connectivity index (χ2n) is 8.60. The quantitative estimate of drug-likeness (QED) is 0.334. The number of aromatic nitrogens is 1. The molecule has 37 heavy (non-hydrogen) atoms. The first kappa shape index (κ1) is 26.1. The van der Waals surface area contributed by atoms with Gasteiger partial charge in [-0.3, -0.25) is 4.98 Å². The summed E-state index contributed by atoms with van der Waals surface area (Å²) < 4.78 is 44.2. The van der Waals surface area contributed by atoms with E-state index in [0.29, 0.717) is 5.75 Å². The Morgan fingerprint density at radius 3 is 2.54 bits per heavy atom. The molecular weight excluding hydrogens is 498 g/mol. The lowest BCUT2D eigenvalue weighted by Crippen LogP contribution is -2.75. The number of likely N-dealkylation sites (tertiary alicyclic amines) is 1. The summed E-state index contributed by atoms with van der Waals surface area (Å²) in [5, 5.41) is 0.979. The number of sulfonamides is 1. The van der Waals surface area contributed by atoms with Crippen molar-refractivity contribution >= 4 is 33.0 Å². The largest absolute Gasteiger partial charge is 0.489 e. The molecule has 1 aliphatic rings. The van der Waals surface area contributed by atoms with Gasteiger partial charge in [-0.1, -0.05) is 30.9 Å². The maximum Gasteiger partial charge on any atom is 0.410 e. The molecule has 0 spiro atoms. The predicted octanol–water partition coefficient (Wildman–Crippen LogP) is 2.95. The van der Waals surface area contributed by atoms with E-state index in [1.54, 1.807) is 0 Å². The van der Waals surface area contributed by atoms with Gasteiger partial charge in [-0.05, 0) is 43.3 Å². The van der Waals surface area contributed by atoms with Gasteiger partial charge in [0.25, 0.3) is 0 Å². The molecule has 0 bridgehead atoms. The molecule has 11 heteroatoms. The average molecular weight is 526 g/mol. The van der Waals surface area contributed by atoms with Crippen LogP contribution in [-0.2, 0) is 30.9 Å². The fraction of sp³-hybridized carbons (Fsp3) is 0.269. The number of rotatable bonds is 9. The molecular formula is C26H27N3O7S. The zero-order valence-electron chi connectivity index (χ0n) is 20.5. The minimum absolute atomic E-state index is 0.00229. The molecule has 2 heterocycles. The topological polar surface area (TPSA) is 124 Å². The molecule has 10 nitrogen and oxygen atoms in total. The Kier molecular flexibility index (Phi) is 7.46. The summed E-state index contributed by atoms with van der Waals surface area (Å²) in [6.07, 6.45) is 0.721. The third-order valence-electron chi connectivity index (χ3n) is 5.87. The third kappa shape index (κ3) is 5.57. The minimum Gasteiger partial charge on any atom is -0.489 e. The van der Waals surface area contributed by atoms with Gasteiger partial charge in [0.15, 0.2) is 5.54 Å². The second kappa shape index (κ2) is 10.6. The normalized spacial score (nSPS) is 14.5. The molecule has 1 fully saturated rings. The highest BCUT2D eigenvalue weighted by Crippen LogP contribution is 2.27. The van der Waals surface area contributed by atoms with Crippen LogP contribution in [0.1, 0.15) is 11.3 Å². The Morgan fingerprint density at radius 1 is 1.16 bits per heavy atom. The number of esters is 1. The van der Waals surface area contributed by atoms with Gasteiger partial charge in [0.05, 0.1) is 30.6 Å². The lowest BCUT2D eigenvalue weighted by molar-refractivity contribution is -0.154. The zero-order valence-corrected chi connectivity index (χ0v) is 21.3. The Bertz CT molecular complexity index is 1430. The molecule has 1 aliphatic heterocycles. The number of para-hydroxylation sites is 1. The van der Waals surface area contributed by atoms with E-state index < -0.39 is 27.6 Å². The van der Waals surface area contributed by atoms with Gasteiger partial charge in [0.2, 0.25) is 10.0 Å². The molecule has 0 radical (unpaired) electrons. The maximum absolute atomic E-state index is 13.1. The van der Waals surface area contributed by atoms with Crippen LogP contribution in [0.5, 0.6) is 5.75 Å². The molecule has 1 N–H and O–H groups in total. The summed E-state index contributed by atoms with van der Waals surface area (Å²) in [7, 11) is -2.98. The van der Waals surface area contributed by atoms with Crippen molar-refractivity contribution in [1.82, 2.24) is 14.6 Å². The number of nitrogens with one attached hydrogen (secondary N) is 1. The number of methoxy groups -OCH3 is 1. The number of amides is 1. The molecule has 1 amide bonds. The molecule has 0 aliphatic carbocycles. The van der Waals surface area contributed by atoms with Crippen molar-refractivity contribution in [3.05, 3.63) is 78.5 Å². The number of aryl methyl sites for hydroxylation is 1. The van der Waals surface area contributed by atoms with Gasteiger partial charge in [-0.2, -0.15) is 4.72 Å². The van der Waals surface area contributed by atoms with Crippen molar-refractivity contribution in [3.8, 4) is 5.75 Å². The van der Waals surface area contributed by atoms with Crippen LogP contribution in [0.25, 0.3) is 10.9 Å². The standard InChI is InChI=1S/C26H27N3O7S/c1-4-13-35-25(31)29-16-26(17-29,24(30)34-3)28-37(32,33)21-11-9-20(10-12-21)36-15-19-14-18(2)27-23-8-6-5-7-22(19)23/h4-12,14,28H,1,13,15-17H2,2-3H3. The van der Waals surface area contributed by atoms with Crippen LogP contribution in [0.15, 0.2) is 72.1 Å². The van der Waals surface area contributed by atoms with Gasteiger partial charge in [0, 0.05) is 16.6 Å². The van der Waals surface area contributed by atoms with Crippen LogP contribution < -0.4 is 9.46 Å². The number of hydrogen-bond acceptors (Lipinski definition) is 8. The Balaban J connectivity index is 1.45. The Morgan fingerprint density at radius 2 is 1.86 bits per heavy atom. The summed E-state index contributed by atoms with van der Waals surface area (Å²) in [5.41, 5.74) is 1.09. The van der Waals surface area contributed by atoms with E-state index in [-0.39, 0.29) is 31.2 Å². The monoisotopic (exact) mass is 525 g/mol. The van der Waals surface area contributed by atoms with Crippen molar-refractivity contribution in [1.29, 1.82) is 0 Å². The van der Waals surface area contributed by atoms with Crippen LogP contribution >= 0.6 is 0 Å². The van der Waals surface area contributed by atoms with Crippen LogP contribution in [0.2, 0.25) is 0 Å². The first-order valence-corrected chi connectivity index (χ1v) is 12.9. The molecule has 0 atom stereocenters. The summed E-state index contributed by atoms with van der Waals surface area (Å²) in [4.78, 5) is 30.1. The van der Waals surface area contributed by atoms with E-state index in [9.17, 15) is 18.0 Å². The van der Waals surface area contributed by atoms with E-state index in [0.717, 1.165) is 29.3 Å². The lowest BCUT2D eigenvalue weighted by Gasteiger charge is -2.46. The first-order chi connectivity index (χ1) is 17.7. The van der Waals surface area contributed by atoms with Crippen LogP contribution in [0.3, 0.4) is 0 Å². The fourth-order valence-corrected chi connectivity index (χ4v) is 5.43. The van der Waals surface area contributed by atoms with E-state index in [2.05, 4.69) is 16.3 Å². The molecule has 2 aromatic carbocycles. The van der Waals surface area contributed by atoms with Crippen molar-refractivity contribution in [3.63, 3.8) is 0 Å². The molecule has 0 unspecified atom stereocenters. The van der Waals surface area contributed by atoms with E-state index in [1.807, 2.05) is 37.3 Å². The SMILES string of the molecule is C=CCOC(=O)N1CC(NS(=O)(=O)c2ccc(OCc3cc(C)nc4ccccc34)cc2)(C(=O)OC)C1. The number of ether oxygens (including phenoxy) is 3. The summed E-state index contributed by atoms with van der Waals surface area (Å²) >= 11 is 0. The Labute approximate surface area is 214 Å². The highest BCUT2D eigenvalue weighted by atomic mass is 32.2. The highest BCUT2D eigenvalue weighted by Gasteiger charge is 2.55. The predicted molar refractivity (Wildman–Crippen MR) is 135 cm³/mol. The van der Waals surface area contributed by atoms with Crippen molar-refractivity contribution in [2.75, 3.05) is 26.8 Å². The van der Waals surface area contributed by atoms with E-state index in [4.69, 9.17) is 14.2 Å². The number of benzene rings is 2. The van der Waals surface area contributed by atoms with Gasteiger partial charge in [0.1, 0.15) is 19.0 Å². The average Bonchev–Trinajstić information content (AvgIpc) is 2.87. The molecule has 4 rings (SSSR count). The number of carbonyl (C=O) groups is 2. The first-order valence-electron chi connectivity index (χ1n) is 11.4. The maximum atomic E-state index is 13.1. The molecule has 1 saturated heterocycles. The molecule has 1 aromatic heterocycles. The van der Waals surface area contributed by atoms with Crippen LogP contribution in [0.4, 0.5) is 4.79 Å². The van der Waals surface area contributed by atoms with Crippen molar-refractivity contribution in [2.45, 2.75) is 24.0 Å². The number of fused-ring (bicyclic) bond motifs is 1. The number of hydrogen-bond donors (Lipinski definition) is 1. The summed E-state index contributed by atoms with van der Waals surface area (Å²) in [5.74, 6) is -0.330. The van der Waals surface area contributed by atoms with Gasteiger partial charge < -0.3 is 19.1 Å². The zero-order chi connectivity index (χ0) is 26.6. The Hall–Kier alpha value is -3.96. The van der Waals surface area contributed by atoms with Gasteiger partial charge in [-0.25, -0.2) is 18.0 Å². The van der Waals surface area contributed by atoms with Crippen molar-refractivity contribution in [2.24, 2.45) is 0 Å². The molecule has 194 valence electrons. The van der Waals surface area contributed by atoms with Crippen LogP contribution in [-0.4, -0.2) is 62.7 Å². The number of pyridine rings is 1. The summed E-state index contributed by atoms with van der Waals surface area (Å²) in [6.45, 7) is 5.19. The second-order valence-corrected chi connectivity index (χ2v) is 10.3. The molecule has 3 aromatic rings. The number of nitrogens with zero attached hydrogens (tertiary/aromatic N) is 2. The van der Waals surface area contributed by atoms with Gasteiger partial charge in [-0.15, -0.1) is 0 Å². The number of carbonyl (C=O) groups excluding carboxylic acids is 2. The smallest absolute Gasteiger partial charge is 0.410 e.